The summed E-state index contributed by atoms with van der Waals surface area (Å²) in [7, 11) is -2.09. The molecule has 0 aliphatic carbocycles. The average Bonchev–Trinajstić information content (AvgIpc) is 2.16. The van der Waals surface area contributed by atoms with Gasteiger partial charge >= 0.3 is 5.97 Å². The van der Waals surface area contributed by atoms with E-state index in [2.05, 4.69) is 21.7 Å². The molecule has 6 nitrogen and oxygen atoms in total. The van der Waals surface area contributed by atoms with E-state index in [1.807, 2.05) is 0 Å². The van der Waals surface area contributed by atoms with Crippen molar-refractivity contribution in [2.45, 2.75) is 19.3 Å². The first kappa shape index (κ1) is 15.3. The molecule has 3 N–H and O–H groups in total. The highest BCUT2D eigenvalue weighted by molar-refractivity contribution is 7.89. The van der Waals surface area contributed by atoms with E-state index >= 15 is 0 Å². The average molecular weight is 268 g/mol. The number of nitrogens with one attached hydrogen (secondary N) is 1. The molecule has 0 saturated carbocycles. The molecule has 0 spiro atoms. The predicted molar refractivity (Wildman–Crippen MR) is 64.4 cm³/mol. The third-order valence-electron chi connectivity index (χ3n) is 1.72. The summed E-state index contributed by atoms with van der Waals surface area (Å²) in [6.45, 7) is 0.190. The Labute approximate surface area is 101 Å². The molecule has 94 valence electrons. The molecule has 8 heteroatoms. The van der Waals surface area contributed by atoms with Gasteiger partial charge in [-0.2, -0.15) is 0 Å². The first-order valence-electron chi connectivity index (χ1n) is 4.70. The number of hydrogen-bond acceptors (Lipinski definition) is 5. The molecule has 0 amide bonds. The van der Waals surface area contributed by atoms with E-state index < -0.39 is 16.0 Å². The van der Waals surface area contributed by atoms with E-state index in [0.29, 0.717) is 6.42 Å². The molecule has 0 bridgehead atoms. The fraction of sp³-hybridized carbons (Fsp3) is 0.750. The molecule has 0 heterocycles. The van der Waals surface area contributed by atoms with Crippen molar-refractivity contribution in [2.75, 3.05) is 19.4 Å². The molecule has 16 heavy (non-hydrogen) atoms. The Morgan fingerprint density at radius 2 is 2.06 bits per heavy atom. The molecule has 0 saturated heterocycles. The number of rotatable bonds is 8. The molecule has 0 fully saturated rings. The summed E-state index contributed by atoms with van der Waals surface area (Å²) in [5.74, 6) is -0.530. The zero-order chi connectivity index (χ0) is 12.6. The van der Waals surface area contributed by atoms with Crippen LogP contribution in [0.15, 0.2) is 0 Å². The van der Waals surface area contributed by atoms with Crippen LogP contribution in [0.5, 0.6) is 0 Å². The molecular weight excluding hydrogens is 252 g/mol. The maximum atomic E-state index is 11.3. The second-order valence-electron chi connectivity index (χ2n) is 3.11. The number of ether oxygens (including phenoxy) is 1. The SMILES string of the molecule is COC(=O)CCCS(=O)(=O)NCCC(N)=S. The molecule has 0 unspecified atom stereocenters. The minimum Gasteiger partial charge on any atom is -0.469 e. The van der Waals surface area contributed by atoms with Gasteiger partial charge in [-0.3, -0.25) is 4.79 Å². The van der Waals surface area contributed by atoms with E-state index in [1.54, 1.807) is 0 Å². The van der Waals surface area contributed by atoms with Crippen molar-refractivity contribution in [3.63, 3.8) is 0 Å². The normalized spacial score (nSPS) is 11.1. The van der Waals surface area contributed by atoms with Crippen LogP contribution in [0.4, 0.5) is 0 Å². The van der Waals surface area contributed by atoms with E-state index in [4.69, 9.17) is 5.73 Å². The van der Waals surface area contributed by atoms with Gasteiger partial charge in [0.25, 0.3) is 0 Å². The predicted octanol–water partition coefficient (Wildman–Crippen LogP) is -0.465. The molecule has 0 radical (unpaired) electrons. The third kappa shape index (κ3) is 8.57. The summed E-state index contributed by atoms with van der Waals surface area (Å²) < 4.78 is 29.4. The fourth-order valence-corrected chi connectivity index (χ4v) is 2.09. The minimum atomic E-state index is -3.35. The van der Waals surface area contributed by atoms with Crippen molar-refractivity contribution in [3.05, 3.63) is 0 Å². The molecule has 0 aromatic carbocycles. The van der Waals surface area contributed by atoms with Crippen molar-refractivity contribution in [3.8, 4) is 0 Å². The van der Waals surface area contributed by atoms with Gasteiger partial charge in [-0.15, -0.1) is 0 Å². The summed E-state index contributed by atoms with van der Waals surface area (Å²) in [6, 6.07) is 0. The van der Waals surface area contributed by atoms with Crippen LogP contribution in [0.3, 0.4) is 0 Å². The number of esters is 1. The highest BCUT2D eigenvalue weighted by Gasteiger charge is 2.10. The third-order valence-corrected chi connectivity index (χ3v) is 3.39. The number of carbonyl (C=O) groups is 1. The first-order chi connectivity index (χ1) is 7.37. The summed E-state index contributed by atoms with van der Waals surface area (Å²) in [4.78, 5) is 11.0. The maximum absolute atomic E-state index is 11.3. The number of nitrogens with two attached hydrogens (primary N) is 1. The smallest absolute Gasteiger partial charge is 0.305 e. The maximum Gasteiger partial charge on any atom is 0.305 e. The van der Waals surface area contributed by atoms with E-state index in [9.17, 15) is 13.2 Å². The molecule has 0 atom stereocenters. The zero-order valence-electron chi connectivity index (χ0n) is 9.06. The Morgan fingerprint density at radius 1 is 1.44 bits per heavy atom. The minimum absolute atomic E-state index is 0.0900. The largest absolute Gasteiger partial charge is 0.469 e. The summed E-state index contributed by atoms with van der Waals surface area (Å²) >= 11 is 4.60. The van der Waals surface area contributed by atoms with Crippen LogP contribution in [-0.2, 0) is 19.6 Å². The van der Waals surface area contributed by atoms with Crippen LogP contribution in [0.1, 0.15) is 19.3 Å². The lowest BCUT2D eigenvalue weighted by Crippen LogP contribution is -2.29. The highest BCUT2D eigenvalue weighted by atomic mass is 32.2. The zero-order valence-corrected chi connectivity index (χ0v) is 10.7. The Bertz CT molecular complexity index is 340. The van der Waals surface area contributed by atoms with Crippen LogP contribution < -0.4 is 10.5 Å². The van der Waals surface area contributed by atoms with Crippen molar-refractivity contribution in [1.29, 1.82) is 0 Å². The lowest BCUT2D eigenvalue weighted by Gasteiger charge is -2.05. The standard InChI is InChI=1S/C8H16N2O4S2/c1-14-8(11)3-2-6-16(12,13)10-5-4-7(9)15/h10H,2-6H2,1H3,(H2,9,15). The summed E-state index contributed by atoms with van der Waals surface area (Å²) in [5, 5.41) is 0. The highest BCUT2D eigenvalue weighted by Crippen LogP contribution is 1.96. The topological polar surface area (TPSA) is 98.5 Å². The number of hydrogen-bond donors (Lipinski definition) is 2. The summed E-state index contributed by atoms with van der Waals surface area (Å²) in [5.41, 5.74) is 5.22. The molecule has 0 rings (SSSR count). The Kier molecular flexibility index (Phi) is 7.18. The van der Waals surface area contributed by atoms with Gasteiger partial charge in [0.05, 0.1) is 17.9 Å². The van der Waals surface area contributed by atoms with Gasteiger partial charge in [-0.1, -0.05) is 12.2 Å². The fourth-order valence-electron chi connectivity index (χ4n) is 0.910. The molecule has 0 aliphatic rings. The van der Waals surface area contributed by atoms with Crippen LogP contribution in [-0.4, -0.2) is 38.8 Å². The number of methoxy groups -OCH3 is 1. The van der Waals surface area contributed by atoms with Crippen molar-refractivity contribution < 1.29 is 17.9 Å². The molecule has 0 aliphatic heterocycles. The number of carbonyl (C=O) groups excluding carboxylic acids is 1. The number of thiocarbonyl (C=S) groups is 1. The second-order valence-corrected chi connectivity index (χ2v) is 5.56. The Morgan fingerprint density at radius 3 is 2.56 bits per heavy atom. The van der Waals surface area contributed by atoms with Crippen LogP contribution in [0, 0.1) is 0 Å². The number of sulfonamides is 1. The van der Waals surface area contributed by atoms with E-state index in [0.717, 1.165) is 0 Å². The van der Waals surface area contributed by atoms with Crippen molar-refractivity contribution in [1.82, 2.24) is 4.72 Å². The van der Waals surface area contributed by atoms with Gasteiger partial charge < -0.3 is 10.5 Å². The van der Waals surface area contributed by atoms with Gasteiger partial charge in [0.1, 0.15) is 0 Å². The van der Waals surface area contributed by atoms with Crippen LogP contribution >= 0.6 is 12.2 Å². The molecule has 0 aromatic rings. The lowest BCUT2D eigenvalue weighted by atomic mass is 10.3. The van der Waals surface area contributed by atoms with Gasteiger partial charge in [0.15, 0.2) is 0 Å². The molecule has 0 aromatic heterocycles. The van der Waals surface area contributed by atoms with Gasteiger partial charge in [0, 0.05) is 19.4 Å². The quantitative estimate of drug-likeness (QED) is 0.456. The van der Waals surface area contributed by atoms with Gasteiger partial charge in [-0.25, -0.2) is 13.1 Å². The molecular formula is C8H16N2O4S2. The summed E-state index contributed by atoms with van der Waals surface area (Å²) in [6.07, 6.45) is 0.646. The lowest BCUT2D eigenvalue weighted by molar-refractivity contribution is -0.140. The van der Waals surface area contributed by atoms with E-state index in [1.165, 1.54) is 7.11 Å². The first-order valence-corrected chi connectivity index (χ1v) is 6.76. The Balaban J connectivity index is 3.79. The monoisotopic (exact) mass is 268 g/mol. The van der Waals surface area contributed by atoms with Gasteiger partial charge in [-0.05, 0) is 6.42 Å². The second kappa shape index (κ2) is 7.53. The van der Waals surface area contributed by atoms with Crippen molar-refractivity contribution >= 4 is 33.2 Å². The van der Waals surface area contributed by atoms with Gasteiger partial charge in [0.2, 0.25) is 10.0 Å². The van der Waals surface area contributed by atoms with E-state index in [-0.39, 0.29) is 30.1 Å². The van der Waals surface area contributed by atoms with Crippen LogP contribution in [0.2, 0.25) is 0 Å². The van der Waals surface area contributed by atoms with Crippen LogP contribution in [0.25, 0.3) is 0 Å². The Hall–Kier alpha value is -0.730. The van der Waals surface area contributed by atoms with Crippen molar-refractivity contribution in [2.24, 2.45) is 5.73 Å².